The monoisotopic (exact) mass is 290 g/mol. The van der Waals surface area contributed by atoms with Crippen molar-refractivity contribution in [1.29, 1.82) is 0 Å². The van der Waals surface area contributed by atoms with Gasteiger partial charge in [-0.15, -0.1) is 6.58 Å². The van der Waals surface area contributed by atoms with Gasteiger partial charge in [-0.1, -0.05) is 18.2 Å². The van der Waals surface area contributed by atoms with Crippen molar-refractivity contribution in [2.24, 2.45) is 0 Å². The molecular weight excluding hydrogens is 263 g/mol. The maximum absolute atomic E-state index is 14.1. The second-order valence-corrected chi connectivity index (χ2v) is 6.92. The van der Waals surface area contributed by atoms with Gasteiger partial charge >= 0.3 is 0 Å². The third-order valence-corrected chi connectivity index (χ3v) is 3.94. The Balaban J connectivity index is 2.08. The van der Waals surface area contributed by atoms with Crippen molar-refractivity contribution >= 4 is 0 Å². The molecule has 0 bridgehead atoms. The summed E-state index contributed by atoms with van der Waals surface area (Å²) in [5.74, 6) is -0.122. The van der Waals surface area contributed by atoms with Crippen molar-refractivity contribution in [3.63, 3.8) is 0 Å². The molecule has 3 heteroatoms. The molecular formula is C18H27FN2. The highest BCUT2D eigenvalue weighted by atomic mass is 19.1. The Kier molecular flexibility index (Phi) is 5.17. The number of rotatable bonds is 7. The highest BCUT2D eigenvalue weighted by molar-refractivity contribution is 5.25. The van der Waals surface area contributed by atoms with Crippen molar-refractivity contribution in [3.8, 4) is 0 Å². The molecule has 0 aromatic heterocycles. The number of hydrogen-bond donors (Lipinski definition) is 1. The van der Waals surface area contributed by atoms with Crippen LogP contribution in [-0.4, -0.2) is 23.0 Å². The van der Waals surface area contributed by atoms with Gasteiger partial charge in [-0.2, -0.15) is 0 Å². The predicted molar refractivity (Wildman–Crippen MR) is 86.6 cm³/mol. The van der Waals surface area contributed by atoms with Crippen LogP contribution in [0.1, 0.15) is 44.7 Å². The van der Waals surface area contributed by atoms with Crippen LogP contribution in [0.2, 0.25) is 0 Å². The molecule has 21 heavy (non-hydrogen) atoms. The van der Waals surface area contributed by atoms with E-state index in [2.05, 4.69) is 37.6 Å². The first-order chi connectivity index (χ1) is 9.90. The molecule has 1 aromatic rings. The molecule has 0 spiro atoms. The predicted octanol–water partition coefficient (Wildman–Crippen LogP) is 3.86. The van der Waals surface area contributed by atoms with Crippen LogP contribution in [0.25, 0.3) is 0 Å². The lowest BCUT2D eigenvalue weighted by Crippen LogP contribution is -2.41. The minimum Gasteiger partial charge on any atom is -0.310 e. The Morgan fingerprint density at radius 3 is 2.67 bits per heavy atom. The molecule has 0 atom stereocenters. The third kappa shape index (κ3) is 4.94. The summed E-state index contributed by atoms with van der Waals surface area (Å²) in [5, 5.41) is 3.48. The maximum Gasteiger partial charge on any atom is 0.127 e. The van der Waals surface area contributed by atoms with E-state index in [0.29, 0.717) is 12.6 Å². The molecule has 1 saturated carbocycles. The first kappa shape index (κ1) is 16.2. The summed E-state index contributed by atoms with van der Waals surface area (Å²) >= 11 is 0. The minimum absolute atomic E-state index is 0.0110. The summed E-state index contributed by atoms with van der Waals surface area (Å²) in [4.78, 5) is 2.23. The zero-order valence-corrected chi connectivity index (χ0v) is 13.5. The molecule has 0 heterocycles. The lowest BCUT2D eigenvalue weighted by Gasteiger charge is -2.35. The van der Waals surface area contributed by atoms with Crippen LogP contribution >= 0.6 is 0 Å². The van der Waals surface area contributed by atoms with E-state index >= 15 is 0 Å². The number of halogens is 1. The largest absolute Gasteiger partial charge is 0.310 e. The number of nitrogens with one attached hydrogen (secondary N) is 1. The van der Waals surface area contributed by atoms with Gasteiger partial charge in [0.05, 0.1) is 0 Å². The Bertz CT molecular complexity index is 486. The van der Waals surface area contributed by atoms with Crippen molar-refractivity contribution in [3.05, 3.63) is 47.8 Å². The maximum atomic E-state index is 14.1. The number of benzene rings is 1. The van der Waals surface area contributed by atoms with Crippen molar-refractivity contribution in [2.75, 3.05) is 6.54 Å². The van der Waals surface area contributed by atoms with E-state index < -0.39 is 0 Å². The number of hydrogen-bond acceptors (Lipinski definition) is 2. The van der Waals surface area contributed by atoms with Gasteiger partial charge in [-0.3, -0.25) is 4.90 Å². The fraction of sp³-hybridized carbons (Fsp3) is 0.556. The molecule has 1 aliphatic rings. The molecule has 116 valence electrons. The molecule has 1 fully saturated rings. The van der Waals surface area contributed by atoms with E-state index in [1.807, 2.05) is 18.2 Å². The average Bonchev–Trinajstić information content (AvgIpc) is 3.22. The Morgan fingerprint density at radius 1 is 1.38 bits per heavy atom. The topological polar surface area (TPSA) is 15.3 Å². The fourth-order valence-corrected chi connectivity index (χ4v) is 2.35. The normalized spacial score (nSPS) is 15.5. The van der Waals surface area contributed by atoms with Gasteiger partial charge in [-0.05, 0) is 45.2 Å². The Hall–Kier alpha value is -1.19. The summed E-state index contributed by atoms with van der Waals surface area (Å²) in [5.41, 5.74) is 1.91. The third-order valence-electron chi connectivity index (χ3n) is 3.94. The van der Waals surface area contributed by atoms with Crippen LogP contribution < -0.4 is 5.32 Å². The van der Waals surface area contributed by atoms with Crippen LogP contribution in [0.5, 0.6) is 0 Å². The molecule has 2 rings (SSSR count). The molecule has 1 aliphatic carbocycles. The first-order valence-electron chi connectivity index (χ1n) is 7.77. The molecule has 2 nitrogen and oxygen atoms in total. The van der Waals surface area contributed by atoms with E-state index in [1.54, 1.807) is 6.07 Å². The van der Waals surface area contributed by atoms with Crippen LogP contribution in [0.15, 0.2) is 30.9 Å². The fourth-order valence-electron chi connectivity index (χ4n) is 2.35. The highest BCUT2D eigenvalue weighted by Crippen LogP contribution is 2.22. The second-order valence-electron chi connectivity index (χ2n) is 6.92. The quantitative estimate of drug-likeness (QED) is 0.767. The SMILES string of the molecule is C=CCN(Cc1cc(CNC2CC2)ccc1F)C(C)(C)C. The average molecular weight is 290 g/mol. The van der Waals surface area contributed by atoms with E-state index in [-0.39, 0.29) is 11.4 Å². The van der Waals surface area contributed by atoms with E-state index in [4.69, 9.17) is 0 Å². The highest BCUT2D eigenvalue weighted by Gasteiger charge is 2.22. The van der Waals surface area contributed by atoms with Gasteiger partial charge in [0.15, 0.2) is 0 Å². The number of nitrogens with zero attached hydrogens (tertiary/aromatic N) is 1. The van der Waals surface area contributed by atoms with E-state index in [0.717, 1.165) is 24.2 Å². The van der Waals surface area contributed by atoms with Crippen molar-refractivity contribution in [2.45, 2.75) is 58.3 Å². The van der Waals surface area contributed by atoms with E-state index in [1.165, 1.54) is 12.8 Å². The molecule has 1 N–H and O–H groups in total. The lowest BCUT2D eigenvalue weighted by atomic mass is 10.0. The van der Waals surface area contributed by atoms with Crippen LogP contribution in [0.3, 0.4) is 0 Å². The first-order valence-corrected chi connectivity index (χ1v) is 7.77. The van der Waals surface area contributed by atoms with Gasteiger partial charge in [0, 0.05) is 36.8 Å². The van der Waals surface area contributed by atoms with Gasteiger partial charge in [0.2, 0.25) is 0 Å². The van der Waals surface area contributed by atoms with Crippen LogP contribution in [-0.2, 0) is 13.1 Å². The zero-order chi connectivity index (χ0) is 15.5. The van der Waals surface area contributed by atoms with Gasteiger partial charge in [-0.25, -0.2) is 4.39 Å². The lowest BCUT2D eigenvalue weighted by molar-refractivity contribution is 0.143. The van der Waals surface area contributed by atoms with Crippen molar-refractivity contribution < 1.29 is 4.39 Å². The molecule has 0 aliphatic heterocycles. The van der Waals surface area contributed by atoms with Gasteiger partial charge in [0.1, 0.15) is 5.82 Å². The second kappa shape index (κ2) is 6.71. The van der Waals surface area contributed by atoms with Crippen LogP contribution in [0.4, 0.5) is 4.39 Å². The summed E-state index contributed by atoms with van der Waals surface area (Å²) < 4.78 is 14.1. The smallest absolute Gasteiger partial charge is 0.127 e. The minimum atomic E-state index is -0.122. The summed E-state index contributed by atoms with van der Waals surface area (Å²) in [6, 6.07) is 6.13. The zero-order valence-electron chi connectivity index (χ0n) is 13.5. The molecule has 0 unspecified atom stereocenters. The molecule has 0 amide bonds. The summed E-state index contributed by atoms with van der Waals surface area (Å²) in [6.07, 6.45) is 4.41. The molecule has 0 radical (unpaired) electrons. The Labute approximate surface area is 128 Å². The molecule has 0 saturated heterocycles. The van der Waals surface area contributed by atoms with Crippen molar-refractivity contribution in [1.82, 2.24) is 10.2 Å². The van der Waals surface area contributed by atoms with Gasteiger partial charge in [0.25, 0.3) is 0 Å². The van der Waals surface area contributed by atoms with Gasteiger partial charge < -0.3 is 5.32 Å². The standard InChI is InChI=1S/C18H27FN2/c1-5-10-21(18(2,3)4)13-15-11-14(6-9-17(15)19)12-20-16-7-8-16/h5-6,9,11,16,20H,1,7-8,10,12-13H2,2-4H3. The Morgan fingerprint density at radius 2 is 2.10 bits per heavy atom. The molecule has 1 aromatic carbocycles. The summed E-state index contributed by atoms with van der Waals surface area (Å²) in [7, 11) is 0. The van der Waals surface area contributed by atoms with Crippen LogP contribution in [0, 0.1) is 5.82 Å². The van der Waals surface area contributed by atoms with E-state index in [9.17, 15) is 4.39 Å². The summed E-state index contributed by atoms with van der Waals surface area (Å²) in [6.45, 7) is 12.4.